The first-order valence-electron chi connectivity index (χ1n) is 17.4. The average Bonchev–Trinajstić information content (AvgIpc) is 3.51. The van der Waals surface area contributed by atoms with Crippen LogP contribution in [-0.2, 0) is 10.8 Å². The number of hydrogen-bond donors (Lipinski definition) is 0. The van der Waals surface area contributed by atoms with Crippen molar-refractivity contribution in [2.75, 3.05) is 4.90 Å². The van der Waals surface area contributed by atoms with Crippen LogP contribution in [0.2, 0.25) is 0 Å². The van der Waals surface area contributed by atoms with Gasteiger partial charge in [-0.2, -0.15) is 0 Å². The molecule has 0 aromatic heterocycles. The summed E-state index contributed by atoms with van der Waals surface area (Å²) in [5, 5.41) is 0. The van der Waals surface area contributed by atoms with Gasteiger partial charge in [-0.25, -0.2) is 0 Å². The summed E-state index contributed by atoms with van der Waals surface area (Å²) >= 11 is 0. The van der Waals surface area contributed by atoms with Crippen molar-refractivity contribution in [2.45, 2.75) is 38.5 Å². The normalized spacial score (nSPS) is 14.4. The van der Waals surface area contributed by atoms with Crippen molar-refractivity contribution in [3.63, 3.8) is 0 Å². The van der Waals surface area contributed by atoms with Crippen LogP contribution in [0.25, 0.3) is 44.5 Å². The Labute approximate surface area is 290 Å². The minimum absolute atomic E-state index is 0.0640. The highest BCUT2D eigenvalue weighted by Gasteiger charge is 2.38. The Morgan fingerprint density at radius 1 is 0.306 bits per heavy atom. The molecule has 9 rings (SSSR count). The first-order chi connectivity index (χ1) is 23.8. The zero-order valence-corrected chi connectivity index (χ0v) is 28.5. The SMILES string of the molecule is CC1(C)c2ccccc2-c2ccc(N(c3ccccc3)c3ccc4c(c3)C(C)(C)c3cc(-c5ccc(-c6ccccc6)cc5)ccc3-4)cc21. The third kappa shape index (κ3) is 4.60. The lowest BCUT2D eigenvalue weighted by Gasteiger charge is -2.29. The molecular formula is C48H39N. The molecule has 0 saturated heterocycles. The molecule has 0 amide bonds. The predicted molar refractivity (Wildman–Crippen MR) is 207 cm³/mol. The van der Waals surface area contributed by atoms with Crippen molar-refractivity contribution in [2.24, 2.45) is 0 Å². The van der Waals surface area contributed by atoms with Crippen molar-refractivity contribution in [1.29, 1.82) is 0 Å². The second-order valence-corrected chi connectivity index (χ2v) is 14.6. The standard InChI is InChI=1S/C48H39N/c1-47(2)43-18-12-11-17-39(43)41-27-24-37(30-45(41)47)49(36-15-9-6-10-16-36)38-25-28-42-40-26-23-35(29-44(40)48(3,4)46(42)31-38)34-21-19-33(20-22-34)32-13-7-5-8-14-32/h5-31H,1-4H3. The van der Waals surface area contributed by atoms with E-state index in [1.807, 2.05) is 0 Å². The molecule has 0 saturated carbocycles. The molecule has 2 aliphatic rings. The molecule has 0 bridgehead atoms. The molecular weight excluding hydrogens is 591 g/mol. The van der Waals surface area contributed by atoms with E-state index in [0.29, 0.717) is 0 Å². The maximum Gasteiger partial charge on any atom is 0.0465 e. The molecule has 2 aliphatic carbocycles. The lowest BCUT2D eigenvalue weighted by molar-refractivity contribution is 0.660. The number of hydrogen-bond acceptors (Lipinski definition) is 1. The zero-order chi connectivity index (χ0) is 33.3. The quantitative estimate of drug-likeness (QED) is 0.183. The molecule has 0 aliphatic heterocycles. The molecule has 1 nitrogen and oxygen atoms in total. The Kier molecular flexibility index (Phi) is 6.58. The fourth-order valence-electron chi connectivity index (χ4n) is 8.39. The Morgan fingerprint density at radius 2 is 0.714 bits per heavy atom. The van der Waals surface area contributed by atoms with Gasteiger partial charge in [-0.05, 0) is 109 Å². The summed E-state index contributed by atoms with van der Waals surface area (Å²) in [6.07, 6.45) is 0. The molecule has 1 heteroatoms. The van der Waals surface area contributed by atoms with Crippen LogP contribution in [0.15, 0.2) is 164 Å². The van der Waals surface area contributed by atoms with Gasteiger partial charge in [0.25, 0.3) is 0 Å². The van der Waals surface area contributed by atoms with E-state index in [1.165, 1.54) is 78.1 Å². The fraction of sp³-hybridized carbons (Fsp3) is 0.125. The lowest BCUT2D eigenvalue weighted by Crippen LogP contribution is -2.18. The monoisotopic (exact) mass is 629 g/mol. The van der Waals surface area contributed by atoms with Gasteiger partial charge < -0.3 is 4.90 Å². The largest absolute Gasteiger partial charge is 0.310 e. The average molecular weight is 630 g/mol. The Hall–Kier alpha value is -5.66. The molecule has 7 aromatic carbocycles. The highest BCUT2D eigenvalue weighted by atomic mass is 15.1. The smallest absolute Gasteiger partial charge is 0.0465 e. The van der Waals surface area contributed by atoms with Crippen LogP contribution in [-0.4, -0.2) is 0 Å². The number of para-hydroxylation sites is 1. The van der Waals surface area contributed by atoms with Gasteiger partial charge in [0.1, 0.15) is 0 Å². The molecule has 0 radical (unpaired) electrons. The third-order valence-corrected chi connectivity index (χ3v) is 11.1. The summed E-state index contributed by atoms with van der Waals surface area (Å²) < 4.78 is 0. The van der Waals surface area contributed by atoms with E-state index in [-0.39, 0.29) is 10.8 Å². The van der Waals surface area contributed by atoms with Crippen molar-refractivity contribution in [1.82, 2.24) is 0 Å². The van der Waals surface area contributed by atoms with Gasteiger partial charge in [0.05, 0.1) is 0 Å². The van der Waals surface area contributed by atoms with Crippen LogP contribution in [0.3, 0.4) is 0 Å². The molecule has 0 unspecified atom stereocenters. The van der Waals surface area contributed by atoms with E-state index in [0.717, 1.165) is 5.69 Å². The maximum atomic E-state index is 2.43. The van der Waals surface area contributed by atoms with Gasteiger partial charge >= 0.3 is 0 Å². The molecule has 0 heterocycles. The minimum Gasteiger partial charge on any atom is -0.310 e. The Balaban J connectivity index is 1.11. The number of anilines is 3. The van der Waals surface area contributed by atoms with Gasteiger partial charge in [-0.1, -0.05) is 149 Å². The van der Waals surface area contributed by atoms with Crippen LogP contribution >= 0.6 is 0 Å². The van der Waals surface area contributed by atoms with Crippen LogP contribution in [0.4, 0.5) is 17.1 Å². The van der Waals surface area contributed by atoms with Gasteiger partial charge in [0.15, 0.2) is 0 Å². The summed E-state index contributed by atoms with van der Waals surface area (Å²) in [6.45, 7) is 9.47. The zero-order valence-electron chi connectivity index (χ0n) is 28.5. The summed E-state index contributed by atoms with van der Waals surface area (Å²) in [5.74, 6) is 0. The van der Waals surface area contributed by atoms with Gasteiger partial charge in [0.2, 0.25) is 0 Å². The van der Waals surface area contributed by atoms with Crippen LogP contribution < -0.4 is 4.90 Å². The molecule has 7 aromatic rings. The van der Waals surface area contributed by atoms with Crippen molar-refractivity contribution < 1.29 is 0 Å². The number of fused-ring (bicyclic) bond motifs is 6. The van der Waals surface area contributed by atoms with E-state index in [4.69, 9.17) is 0 Å². The van der Waals surface area contributed by atoms with Crippen LogP contribution in [0.1, 0.15) is 49.9 Å². The van der Waals surface area contributed by atoms with E-state index < -0.39 is 0 Å². The third-order valence-electron chi connectivity index (χ3n) is 11.1. The fourth-order valence-corrected chi connectivity index (χ4v) is 8.39. The second kappa shape index (κ2) is 10.9. The number of benzene rings is 7. The molecule has 0 N–H and O–H groups in total. The number of nitrogens with zero attached hydrogens (tertiary/aromatic N) is 1. The molecule has 0 spiro atoms. The lowest BCUT2D eigenvalue weighted by atomic mass is 9.81. The highest BCUT2D eigenvalue weighted by Crippen LogP contribution is 2.53. The highest BCUT2D eigenvalue weighted by molar-refractivity contribution is 5.89. The summed E-state index contributed by atoms with van der Waals surface area (Å²) in [5.41, 5.74) is 19.2. The summed E-state index contributed by atoms with van der Waals surface area (Å²) in [4.78, 5) is 2.43. The molecule has 0 atom stereocenters. The van der Waals surface area contributed by atoms with Gasteiger partial charge in [0, 0.05) is 27.9 Å². The van der Waals surface area contributed by atoms with E-state index in [2.05, 4.69) is 196 Å². The van der Waals surface area contributed by atoms with Crippen molar-refractivity contribution >= 4 is 17.1 Å². The van der Waals surface area contributed by atoms with E-state index >= 15 is 0 Å². The Bertz CT molecular complexity index is 2360. The van der Waals surface area contributed by atoms with Gasteiger partial charge in [-0.3, -0.25) is 0 Å². The summed E-state index contributed by atoms with van der Waals surface area (Å²) in [7, 11) is 0. The van der Waals surface area contributed by atoms with Crippen molar-refractivity contribution in [3.05, 3.63) is 186 Å². The minimum atomic E-state index is -0.148. The first kappa shape index (κ1) is 29.5. The van der Waals surface area contributed by atoms with Crippen LogP contribution in [0, 0.1) is 0 Å². The van der Waals surface area contributed by atoms with E-state index in [1.54, 1.807) is 0 Å². The Morgan fingerprint density at radius 3 is 1.33 bits per heavy atom. The molecule has 49 heavy (non-hydrogen) atoms. The maximum absolute atomic E-state index is 2.43. The number of rotatable bonds is 5. The molecule has 236 valence electrons. The topological polar surface area (TPSA) is 3.24 Å². The van der Waals surface area contributed by atoms with Crippen LogP contribution in [0.5, 0.6) is 0 Å². The first-order valence-corrected chi connectivity index (χ1v) is 17.4. The second-order valence-electron chi connectivity index (χ2n) is 14.6. The molecule has 0 fully saturated rings. The summed E-state index contributed by atoms with van der Waals surface area (Å²) in [6, 6.07) is 60.4. The van der Waals surface area contributed by atoms with Gasteiger partial charge in [-0.15, -0.1) is 0 Å². The van der Waals surface area contributed by atoms with E-state index in [9.17, 15) is 0 Å². The van der Waals surface area contributed by atoms with Crippen molar-refractivity contribution in [3.8, 4) is 44.5 Å². The predicted octanol–water partition coefficient (Wildman–Crippen LogP) is 13.1.